The first-order valence-corrected chi connectivity index (χ1v) is 8.23. The smallest absolute Gasteiger partial charge is 0.142 e. The van der Waals surface area contributed by atoms with Crippen molar-refractivity contribution in [3.63, 3.8) is 0 Å². The van der Waals surface area contributed by atoms with Crippen LogP contribution in [0.25, 0.3) is 9.81 Å². The van der Waals surface area contributed by atoms with E-state index >= 15 is 0 Å². The van der Waals surface area contributed by atoms with E-state index in [2.05, 4.69) is 36.4 Å². The summed E-state index contributed by atoms with van der Waals surface area (Å²) < 4.78 is 0. The van der Waals surface area contributed by atoms with Crippen molar-refractivity contribution in [3.05, 3.63) is 108 Å². The monoisotopic (exact) mass is 316 g/mol. The van der Waals surface area contributed by atoms with Crippen molar-refractivity contribution < 1.29 is 4.79 Å². The van der Waals surface area contributed by atoms with Crippen LogP contribution in [0, 0.1) is 0 Å². The largest absolute Gasteiger partial charge is 0.299 e. The van der Waals surface area contributed by atoms with Crippen molar-refractivity contribution in [1.82, 2.24) is 0 Å². The van der Waals surface area contributed by atoms with E-state index < -0.39 is 0 Å². The molecule has 0 aliphatic carbocycles. The van der Waals surface area contributed by atoms with Crippen molar-refractivity contribution in [1.29, 1.82) is 0 Å². The molecule has 0 aromatic heterocycles. The zero-order valence-electron chi connectivity index (χ0n) is 12.6. The fourth-order valence-electron chi connectivity index (χ4n) is 2.32. The Balaban J connectivity index is 2.00. The third kappa shape index (κ3) is 3.99. The second-order valence-electron chi connectivity index (χ2n) is 5.04. The molecule has 0 saturated carbocycles. The quantitative estimate of drug-likeness (QED) is 0.547. The van der Waals surface area contributed by atoms with E-state index in [4.69, 9.17) is 0 Å². The predicted octanol–water partition coefficient (Wildman–Crippen LogP) is 5.50. The van der Waals surface area contributed by atoms with Crippen LogP contribution >= 0.6 is 11.8 Å². The maximum absolute atomic E-state index is 10.5. The van der Waals surface area contributed by atoms with Gasteiger partial charge >= 0.3 is 0 Å². The molecule has 1 nitrogen and oxygen atoms in total. The van der Waals surface area contributed by atoms with Crippen LogP contribution in [0.3, 0.4) is 0 Å². The van der Waals surface area contributed by atoms with Crippen LogP contribution in [0.1, 0.15) is 11.1 Å². The number of hydrogen-bond donors (Lipinski definition) is 0. The van der Waals surface area contributed by atoms with Gasteiger partial charge in [0, 0.05) is 9.81 Å². The normalized spacial score (nSPS) is 14.3. The van der Waals surface area contributed by atoms with E-state index in [1.807, 2.05) is 42.5 Å². The summed E-state index contributed by atoms with van der Waals surface area (Å²) >= 11 is 1.77. The summed E-state index contributed by atoms with van der Waals surface area (Å²) in [6, 6.07) is 20.7. The SMILES string of the molecule is O=C/C=C/C=C1C=C(c2ccccc2)SC(c2ccccc2)=C1. The molecule has 0 spiro atoms. The summed E-state index contributed by atoms with van der Waals surface area (Å²) in [5.74, 6) is 0. The van der Waals surface area contributed by atoms with E-state index in [0.717, 1.165) is 11.9 Å². The van der Waals surface area contributed by atoms with Crippen LogP contribution < -0.4 is 0 Å². The maximum atomic E-state index is 10.5. The van der Waals surface area contributed by atoms with E-state index in [-0.39, 0.29) is 0 Å². The number of aldehydes is 1. The van der Waals surface area contributed by atoms with Crippen molar-refractivity contribution in [2.45, 2.75) is 0 Å². The number of benzene rings is 2. The van der Waals surface area contributed by atoms with E-state index in [9.17, 15) is 4.79 Å². The summed E-state index contributed by atoms with van der Waals surface area (Å²) in [6.45, 7) is 0. The van der Waals surface area contributed by atoms with Crippen LogP contribution in [0.2, 0.25) is 0 Å². The Bertz CT molecular complexity index is 739. The fraction of sp³-hybridized carbons (Fsp3) is 0. The third-order valence-corrected chi connectivity index (χ3v) is 4.56. The first-order valence-electron chi connectivity index (χ1n) is 7.41. The zero-order valence-corrected chi connectivity index (χ0v) is 13.4. The topological polar surface area (TPSA) is 17.1 Å². The summed E-state index contributed by atoms with van der Waals surface area (Å²) in [6.07, 6.45) is 10.3. The van der Waals surface area contributed by atoms with Crippen LogP contribution in [0.5, 0.6) is 0 Å². The van der Waals surface area contributed by atoms with Gasteiger partial charge in [0.25, 0.3) is 0 Å². The Labute approximate surface area is 140 Å². The van der Waals surface area contributed by atoms with Gasteiger partial charge in [-0.2, -0.15) is 0 Å². The minimum absolute atomic E-state index is 0.790. The molecule has 0 saturated heterocycles. The second kappa shape index (κ2) is 7.61. The van der Waals surface area contributed by atoms with Gasteiger partial charge in [-0.05, 0) is 34.9 Å². The summed E-state index contributed by atoms with van der Waals surface area (Å²) in [5.41, 5.74) is 3.48. The highest BCUT2D eigenvalue weighted by Gasteiger charge is 2.13. The average Bonchev–Trinajstić information content (AvgIpc) is 2.63. The molecule has 0 fully saturated rings. The molecule has 2 heteroatoms. The van der Waals surface area contributed by atoms with Gasteiger partial charge in [-0.1, -0.05) is 84.6 Å². The van der Waals surface area contributed by atoms with Crippen molar-refractivity contribution in [2.75, 3.05) is 0 Å². The van der Waals surface area contributed by atoms with Crippen LogP contribution in [-0.2, 0) is 4.79 Å². The van der Waals surface area contributed by atoms with Gasteiger partial charge in [0.2, 0.25) is 0 Å². The van der Waals surface area contributed by atoms with Crippen LogP contribution in [0.15, 0.2) is 96.6 Å². The van der Waals surface area contributed by atoms with Gasteiger partial charge in [0.15, 0.2) is 0 Å². The molecule has 0 amide bonds. The molecule has 3 rings (SSSR count). The first kappa shape index (κ1) is 15.3. The highest BCUT2D eigenvalue weighted by Crippen LogP contribution is 2.43. The molecule has 2 aromatic rings. The lowest BCUT2D eigenvalue weighted by Crippen LogP contribution is -1.90. The Morgan fingerprint density at radius 1 is 0.696 bits per heavy atom. The standard InChI is InChI=1S/C21H16OS/c22-14-8-7-9-17-15-20(18-10-3-1-4-11-18)23-21(16-17)19-12-5-2-6-13-19/h1-16H/b8-7+. The number of hydrogen-bond acceptors (Lipinski definition) is 2. The number of carbonyl (C=O) groups is 1. The number of allylic oxidation sites excluding steroid dienone is 6. The summed E-state index contributed by atoms with van der Waals surface area (Å²) in [4.78, 5) is 12.9. The molecule has 2 aromatic carbocycles. The molecule has 0 unspecified atom stereocenters. The van der Waals surface area contributed by atoms with Crippen LogP contribution in [-0.4, -0.2) is 6.29 Å². The van der Waals surface area contributed by atoms with Gasteiger partial charge in [-0.25, -0.2) is 0 Å². The summed E-state index contributed by atoms with van der Waals surface area (Å²) in [7, 11) is 0. The van der Waals surface area contributed by atoms with E-state index in [1.165, 1.54) is 27.0 Å². The highest BCUT2D eigenvalue weighted by molar-refractivity contribution is 8.16. The Kier molecular flexibility index (Phi) is 5.07. The third-order valence-electron chi connectivity index (χ3n) is 3.41. The molecule has 1 aliphatic heterocycles. The second-order valence-corrected chi connectivity index (χ2v) is 6.12. The molecular weight excluding hydrogens is 300 g/mol. The fourth-order valence-corrected chi connectivity index (χ4v) is 3.45. The first-order chi connectivity index (χ1) is 11.4. The average molecular weight is 316 g/mol. The molecule has 23 heavy (non-hydrogen) atoms. The van der Waals surface area contributed by atoms with E-state index in [0.29, 0.717) is 0 Å². The molecule has 1 heterocycles. The lowest BCUT2D eigenvalue weighted by molar-refractivity contribution is -0.104. The molecule has 0 atom stereocenters. The van der Waals surface area contributed by atoms with Crippen LogP contribution in [0.4, 0.5) is 0 Å². The minimum atomic E-state index is 0.790. The molecule has 1 aliphatic rings. The number of thioether (sulfide) groups is 1. The lowest BCUT2D eigenvalue weighted by Gasteiger charge is -2.17. The molecular formula is C21H16OS. The number of rotatable bonds is 4. The Morgan fingerprint density at radius 2 is 1.22 bits per heavy atom. The van der Waals surface area contributed by atoms with Gasteiger partial charge in [0.1, 0.15) is 6.29 Å². The van der Waals surface area contributed by atoms with Crippen molar-refractivity contribution >= 4 is 27.9 Å². The molecule has 0 radical (unpaired) electrons. The Hall–Kier alpha value is -2.58. The van der Waals surface area contributed by atoms with Gasteiger partial charge in [-0.15, -0.1) is 0 Å². The van der Waals surface area contributed by atoms with E-state index in [1.54, 1.807) is 17.8 Å². The van der Waals surface area contributed by atoms with Gasteiger partial charge in [-0.3, -0.25) is 4.79 Å². The molecule has 0 bridgehead atoms. The minimum Gasteiger partial charge on any atom is -0.299 e. The highest BCUT2D eigenvalue weighted by atomic mass is 32.2. The van der Waals surface area contributed by atoms with Gasteiger partial charge in [0.05, 0.1) is 0 Å². The van der Waals surface area contributed by atoms with Crippen molar-refractivity contribution in [2.24, 2.45) is 0 Å². The zero-order chi connectivity index (χ0) is 15.9. The van der Waals surface area contributed by atoms with Crippen molar-refractivity contribution in [3.8, 4) is 0 Å². The summed E-state index contributed by atoms with van der Waals surface area (Å²) in [5, 5.41) is 0. The predicted molar refractivity (Wildman–Crippen MR) is 99.7 cm³/mol. The lowest BCUT2D eigenvalue weighted by atomic mass is 10.1. The Morgan fingerprint density at radius 3 is 1.70 bits per heavy atom. The molecule has 0 N–H and O–H groups in total. The van der Waals surface area contributed by atoms with Gasteiger partial charge < -0.3 is 0 Å². The molecule has 112 valence electrons. The maximum Gasteiger partial charge on any atom is 0.142 e. The number of carbonyl (C=O) groups excluding carboxylic acids is 1.